The number of carboxylic acid groups (broad SMARTS) is 1. The van der Waals surface area contributed by atoms with Gasteiger partial charge in [-0.1, -0.05) is 6.07 Å². The highest BCUT2D eigenvalue weighted by Gasteiger charge is 2.30. The molecule has 2 N–H and O–H groups in total. The first-order chi connectivity index (χ1) is 9.06. The van der Waals surface area contributed by atoms with Gasteiger partial charge in [-0.2, -0.15) is 0 Å². The molecule has 6 nitrogen and oxygen atoms in total. The maximum atomic E-state index is 11.4. The molecule has 0 saturated carbocycles. The number of benzene rings is 1. The Bertz CT molecular complexity index is 700. The molecule has 1 aromatic carbocycles. The van der Waals surface area contributed by atoms with Crippen LogP contribution in [0.3, 0.4) is 0 Å². The van der Waals surface area contributed by atoms with E-state index in [0.717, 1.165) is 11.1 Å². The molecule has 100 valence electrons. The number of aliphatic carboxylic acids is 1. The summed E-state index contributed by atoms with van der Waals surface area (Å²) in [5, 5.41) is 12.2. The fourth-order valence-corrected chi connectivity index (χ4v) is 2.54. The molecule has 2 atom stereocenters. The van der Waals surface area contributed by atoms with Crippen molar-refractivity contribution in [2.24, 2.45) is 13.0 Å². The molecule has 0 spiro atoms. The lowest BCUT2D eigenvalue weighted by Gasteiger charge is -2.10. The summed E-state index contributed by atoms with van der Waals surface area (Å²) in [7, 11) is 1.65. The Morgan fingerprint density at radius 1 is 1.53 bits per heavy atom. The topological polar surface area (TPSA) is 84.5 Å². The van der Waals surface area contributed by atoms with Gasteiger partial charge in [0.1, 0.15) is 0 Å². The minimum absolute atomic E-state index is 0.00972. The molecule has 1 aliphatic heterocycles. The molecule has 1 aliphatic rings. The molecular weight excluding hydrogens is 248 g/mol. The second-order valence-electron chi connectivity index (χ2n) is 4.89. The summed E-state index contributed by atoms with van der Waals surface area (Å²) >= 11 is 0. The number of aryl methyl sites for hydroxylation is 1. The summed E-state index contributed by atoms with van der Waals surface area (Å²) in [4.78, 5) is 22.4. The van der Waals surface area contributed by atoms with Gasteiger partial charge in [0.2, 0.25) is 0 Å². The van der Waals surface area contributed by atoms with Crippen molar-refractivity contribution in [2.75, 3.05) is 6.54 Å². The SMILES string of the molecule is Cn1c(=O)oc2ccc(C3CC(C(=O)O)CN3)cc21. The summed E-state index contributed by atoms with van der Waals surface area (Å²) in [6.45, 7) is 0.475. The van der Waals surface area contributed by atoms with Gasteiger partial charge in [-0.3, -0.25) is 9.36 Å². The van der Waals surface area contributed by atoms with Gasteiger partial charge in [-0.15, -0.1) is 0 Å². The van der Waals surface area contributed by atoms with Crippen molar-refractivity contribution in [3.63, 3.8) is 0 Å². The molecule has 2 heterocycles. The Labute approximate surface area is 108 Å². The molecular formula is C13H14N2O4. The van der Waals surface area contributed by atoms with Gasteiger partial charge in [0.05, 0.1) is 11.4 Å². The van der Waals surface area contributed by atoms with Crippen LogP contribution >= 0.6 is 0 Å². The van der Waals surface area contributed by atoms with Crippen LogP contribution in [0.2, 0.25) is 0 Å². The van der Waals surface area contributed by atoms with Crippen LogP contribution in [0, 0.1) is 5.92 Å². The third kappa shape index (κ3) is 1.94. The number of carbonyl (C=O) groups is 1. The maximum Gasteiger partial charge on any atom is 0.419 e. The van der Waals surface area contributed by atoms with Crippen molar-refractivity contribution in [2.45, 2.75) is 12.5 Å². The fraction of sp³-hybridized carbons (Fsp3) is 0.385. The Hall–Kier alpha value is -2.08. The van der Waals surface area contributed by atoms with Crippen LogP contribution in [0.4, 0.5) is 0 Å². The van der Waals surface area contributed by atoms with Gasteiger partial charge >= 0.3 is 11.7 Å². The lowest BCUT2D eigenvalue weighted by molar-refractivity contribution is -0.141. The van der Waals surface area contributed by atoms with E-state index in [4.69, 9.17) is 9.52 Å². The minimum Gasteiger partial charge on any atom is -0.481 e. The van der Waals surface area contributed by atoms with Gasteiger partial charge in [-0.05, 0) is 24.1 Å². The van der Waals surface area contributed by atoms with E-state index in [1.54, 1.807) is 13.1 Å². The third-order valence-corrected chi connectivity index (χ3v) is 3.70. The molecule has 1 saturated heterocycles. The molecule has 0 radical (unpaired) electrons. The van der Waals surface area contributed by atoms with Gasteiger partial charge in [-0.25, -0.2) is 4.79 Å². The Morgan fingerprint density at radius 2 is 2.32 bits per heavy atom. The second-order valence-corrected chi connectivity index (χ2v) is 4.89. The van der Waals surface area contributed by atoms with Crippen molar-refractivity contribution in [3.05, 3.63) is 34.3 Å². The molecule has 2 aromatic rings. The summed E-state index contributed by atoms with van der Waals surface area (Å²) < 4.78 is 6.52. The number of carboxylic acids is 1. The van der Waals surface area contributed by atoms with Gasteiger partial charge in [0, 0.05) is 19.6 Å². The first kappa shape index (κ1) is 12.0. The zero-order valence-electron chi connectivity index (χ0n) is 10.4. The Morgan fingerprint density at radius 3 is 3.00 bits per heavy atom. The summed E-state index contributed by atoms with van der Waals surface area (Å²) in [6, 6.07) is 5.51. The predicted octanol–water partition coefficient (Wildman–Crippen LogP) is 0.867. The van der Waals surface area contributed by atoms with Gasteiger partial charge in [0.15, 0.2) is 5.58 Å². The number of fused-ring (bicyclic) bond motifs is 1. The van der Waals surface area contributed by atoms with Gasteiger partial charge in [0.25, 0.3) is 0 Å². The van der Waals surface area contributed by atoms with E-state index in [-0.39, 0.29) is 12.0 Å². The second kappa shape index (κ2) is 4.24. The molecule has 1 aromatic heterocycles. The number of nitrogens with one attached hydrogen (secondary N) is 1. The monoisotopic (exact) mass is 262 g/mol. The molecule has 19 heavy (non-hydrogen) atoms. The number of hydrogen-bond donors (Lipinski definition) is 2. The number of aromatic nitrogens is 1. The lowest BCUT2D eigenvalue weighted by Crippen LogP contribution is -2.17. The van der Waals surface area contributed by atoms with E-state index in [2.05, 4.69) is 5.32 Å². The molecule has 1 fully saturated rings. The molecule has 0 amide bonds. The van der Waals surface area contributed by atoms with Crippen LogP contribution < -0.4 is 11.1 Å². The van der Waals surface area contributed by atoms with Crippen molar-refractivity contribution in [3.8, 4) is 0 Å². The highest BCUT2D eigenvalue weighted by atomic mass is 16.4. The number of rotatable bonds is 2. The summed E-state index contributed by atoms with van der Waals surface area (Å²) in [5.41, 5.74) is 2.25. The number of hydrogen-bond acceptors (Lipinski definition) is 4. The van der Waals surface area contributed by atoms with E-state index < -0.39 is 11.7 Å². The normalized spacial score (nSPS) is 23.0. The summed E-state index contributed by atoms with van der Waals surface area (Å²) in [6.07, 6.45) is 0.562. The van der Waals surface area contributed by atoms with Gasteiger partial charge < -0.3 is 14.8 Å². The zero-order valence-corrected chi connectivity index (χ0v) is 10.4. The minimum atomic E-state index is -0.771. The van der Waals surface area contributed by atoms with Crippen LogP contribution in [0.25, 0.3) is 11.1 Å². The molecule has 0 bridgehead atoms. The number of nitrogens with zero attached hydrogens (tertiary/aromatic N) is 1. The van der Waals surface area contributed by atoms with E-state index in [9.17, 15) is 9.59 Å². The standard InChI is InChI=1S/C13H14N2O4/c1-15-10-5-7(2-3-11(10)19-13(15)18)9-4-8(6-14-9)12(16)17/h2-3,5,8-9,14H,4,6H2,1H3,(H,16,17). The van der Waals surface area contributed by atoms with Crippen LogP contribution in [-0.4, -0.2) is 22.2 Å². The Kier molecular flexibility index (Phi) is 2.67. The third-order valence-electron chi connectivity index (χ3n) is 3.70. The zero-order chi connectivity index (χ0) is 13.6. The first-order valence-corrected chi connectivity index (χ1v) is 6.12. The number of oxazole rings is 1. The van der Waals surface area contributed by atoms with E-state index in [1.165, 1.54) is 4.57 Å². The van der Waals surface area contributed by atoms with Crippen molar-refractivity contribution < 1.29 is 14.3 Å². The Balaban J connectivity index is 1.96. The average Bonchev–Trinajstić information content (AvgIpc) is 2.96. The largest absolute Gasteiger partial charge is 0.481 e. The van der Waals surface area contributed by atoms with Crippen LogP contribution in [-0.2, 0) is 11.8 Å². The van der Waals surface area contributed by atoms with Crippen molar-refractivity contribution >= 4 is 17.1 Å². The van der Waals surface area contributed by atoms with E-state index in [0.29, 0.717) is 18.5 Å². The van der Waals surface area contributed by atoms with Crippen LogP contribution in [0.5, 0.6) is 0 Å². The first-order valence-electron chi connectivity index (χ1n) is 6.12. The average molecular weight is 262 g/mol. The molecule has 2 unspecified atom stereocenters. The molecule has 0 aliphatic carbocycles. The molecule has 3 rings (SSSR count). The van der Waals surface area contributed by atoms with Crippen molar-refractivity contribution in [1.29, 1.82) is 0 Å². The van der Waals surface area contributed by atoms with Crippen LogP contribution in [0.1, 0.15) is 18.0 Å². The quantitative estimate of drug-likeness (QED) is 0.838. The molecule has 6 heteroatoms. The maximum absolute atomic E-state index is 11.4. The van der Waals surface area contributed by atoms with E-state index >= 15 is 0 Å². The predicted molar refractivity (Wildman–Crippen MR) is 67.9 cm³/mol. The highest BCUT2D eigenvalue weighted by molar-refractivity contribution is 5.74. The van der Waals surface area contributed by atoms with E-state index in [1.807, 2.05) is 12.1 Å². The smallest absolute Gasteiger partial charge is 0.419 e. The van der Waals surface area contributed by atoms with Crippen molar-refractivity contribution in [1.82, 2.24) is 9.88 Å². The van der Waals surface area contributed by atoms with Crippen LogP contribution in [0.15, 0.2) is 27.4 Å². The highest BCUT2D eigenvalue weighted by Crippen LogP contribution is 2.29. The summed E-state index contributed by atoms with van der Waals surface area (Å²) in [5.74, 6) is -1.52. The lowest BCUT2D eigenvalue weighted by atomic mass is 10.00. The fourth-order valence-electron chi connectivity index (χ4n) is 2.54.